The van der Waals surface area contributed by atoms with Crippen LogP contribution in [0.15, 0.2) is 42.5 Å². The minimum Gasteiger partial charge on any atom is -0.382 e. The Morgan fingerprint density at radius 3 is 2.23 bits per heavy atom. The molecule has 0 amide bonds. The number of hydrogen-bond acceptors (Lipinski definition) is 8. The van der Waals surface area contributed by atoms with Crippen molar-refractivity contribution >= 4 is 17.2 Å². The number of rotatable bonds is 20. The van der Waals surface area contributed by atoms with E-state index in [0.717, 1.165) is 55.2 Å². The number of nitrogens with zero attached hydrogens (tertiary/aromatic N) is 1. The van der Waals surface area contributed by atoms with Gasteiger partial charge in [0, 0.05) is 37.2 Å². The van der Waals surface area contributed by atoms with Crippen LogP contribution in [0.25, 0.3) is 0 Å². The maximum absolute atomic E-state index is 13.7. The Hall–Kier alpha value is -2.33. The van der Waals surface area contributed by atoms with E-state index in [1.807, 2.05) is 0 Å². The summed E-state index contributed by atoms with van der Waals surface area (Å²) < 4.78 is 27.2. The van der Waals surface area contributed by atoms with Gasteiger partial charge in [-0.15, -0.1) is 0 Å². The maximum atomic E-state index is 13.7. The highest BCUT2D eigenvalue weighted by Crippen LogP contribution is 2.50. The Kier molecular flexibility index (Phi) is 12.2. The number of nitrogens with one attached hydrogen (secondary N) is 1. The molecule has 1 aliphatic heterocycles. The van der Waals surface area contributed by atoms with Gasteiger partial charge in [-0.05, 0) is 91.3 Å². The summed E-state index contributed by atoms with van der Waals surface area (Å²) in [7, 11) is 1.66. The topological polar surface area (TPSA) is 78.5 Å². The van der Waals surface area contributed by atoms with E-state index in [2.05, 4.69) is 66.5 Å². The largest absolute Gasteiger partial charge is 0.382 e. The molecule has 44 heavy (non-hydrogen) atoms. The van der Waals surface area contributed by atoms with E-state index in [1.165, 1.54) is 24.0 Å². The van der Waals surface area contributed by atoms with Gasteiger partial charge in [0.1, 0.15) is 0 Å². The predicted molar refractivity (Wildman–Crippen MR) is 173 cm³/mol. The quantitative estimate of drug-likeness (QED) is 0.193. The van der Waals surface area contributed by atoms with Crippen LogP contribution in [-0.2, 0) is 35.5 Å². The number of aryl methyl sites for hydroxylation is 1. The van der Waals surface area contributed by atoms with Gasteiger partial charge in [-0.25, -0.2) is 0 Å². The van der Waals surface area contributed by atoms with E-state index in [9.17, 15) is 4.79 Å². The van der Waals surface area contributed by atoms with E-state index in [-0.39, 0.29) is 11.5 Å². The van der Waals surface area contributed by atoms with Gasteiger partial charge in [0.2, 0.25) is 0 Å². The molecule has 2 aromatic carbocycles. The zero-order valence-corrected chi connectivity index (χ0v) is 27.0. The third-order valence-electron chi connectivity index (χ3n) is 9.73. The van der Waals surface area contributed by atoms with Gasteiger partial charge in [-0.1, -0.05) is 32.0 Å². The van der Waals surface area contributed by atoms with Crippen molar-refractivity contribution < 1.29 is 28.5 Å². The lowest BCUT2D eigenvalue weighted by Crippen LogP contribution is -2.61. The van der Waals surface area contributed by atoms with Crippen LogP contribution in [0.1, 0.15) is 61.0 Å². The van der Waals surface area contributed by atoms with Gasteiger partial charge in [0.25, 0.3) is 0 Å². The number of carbonyl (C=O) groups is 1. The molecule has 2 fully saturated rings. The third kappa shape index (κ3) is 8.47. The van der Waals surface area contributed by atoms with Gasteiger partial charge in [0.15, 0.2) is 5.78 Å². The highest BCUT2D eigenvalue weighted by molar-refractivity contribution is 6.04. The van der Waals surface area contributed by atoms with Crippen molar-refractivity contribution in [2.75, 3.05) is 85.0 Å². The molecule has 1 unspecified atom stereocenters. The van der Waals surface area contributed by atoms with Crippen molar-refractivity contribution in [2.45, 2.75) is 57.4 Å². The summed E-state index contributed by atoms with van der Waals surface area (Å²) in [6.45, 7) is 12.0. The first-order valence-electron chi connectivity index (χ1n) is 16.6. The lowest BCUT2D eigenvalue weighted by Gasteiger charge is -2.53. The zero-order chi connectivity index (χ0) is 30.8. The normalized spacial score (nSPS) is 23.1. The van der Waals surface area contributed by atoms with Crippen LogP contribution in [0.2, 0.25) is 0 Å². The molecular weight excluding hydrogens is 556 g/mol. The van der Waals surface area contributed by atoms with E-state index in [4.69, 9.17) is 23.7 Å². The van der Waals surface area contributed by atoms with Crippen molar-refractivity contribution in [3.63, 3.8) is 0 Å². The molecule has 8 heteroatoms. The molecule has 0 spiro atoms. The number of ether oxygens (including phenoxy) is 5. The molecule has 2 aromatic rings. The minimum atomic E-state index is 0.0122. The first-order valence-corrected chi connectivity index (χ1v) is 16.6. The molecule has 1 saturated heterocycles. The highest BCUT2D eigenvalue weighted by Gasteiger charge is 2.52. The summed E-state index contributed by atoms with van der Waals surface area (Å²) >= 11 is 0. The standard InChI is InChI=1S/C36H52N2O6/c1-27-34-35(39)31-13-12-30(25-32(31)36(27,2)14-15-38(34)26-28-10-11-28)37-33-9-5-4-7-29(33)8-6-16-41-19-20-43-23-24-44-22-21-42-18-17-40-3/h4-5,7,9,12-13,25,27-28,34,37H,6,8,10-11,14-24,26H2,1-3H3/t27-,34?,36+/m0/s1. The minimum absolute atomic E-state index is 0.0122. The number of Topliss-reactive ketones (excluding diaryl/α,β-unsaturated/α-hetero) is 1. The fourth-order valence-corrected chi connectivity index (χ4v) is 6.77. The second-order valence-corrected chi connectivity index (χ2v) is 12.8. The van der Waals surface area contributed by atoms with Gasteiger partial charge < -0.3 is 29.0 Å². The number of ketones is 1. The van der Waals surface area contributed by atoms with Crippen LogP contribution < -0.4 is 5.32 Å². The SMILES string of the molecule is COCCOCCOCCOCCOCCCc1ccccc1Nc1ccc2c(c1)[C@]1(C)CCN(CC3CC3)C(C2=O)[C@@H]1C. The van der Waals surface area contributed by atoms with Crippen molar-refractivity contribution in [3.05, 3.63) is 59.2 Å². The summed E-state index contributed by atoms with van der Waals surface area (Å²) in [5, 5.41) is 3.68. The fourth-order valence-electron chi connectivity index (χ4n) is 6.77. The lowest BCUT2D eigenvalue weighted by molar-refractivity contribution is -0.00788. The molecule has 1 N–H and O–H groups in total. The van der Waals surface area contributed by atoms with Crippen LogP contribution in [0.4, 0.5) is 11.4 Å². The van der Waals surface area contributed by atoms with E-state index in [1.54, 1.807) is 7.11 Å². The number of anilines is 2. The van der Waals surface area contributed by atoms with Crippen molar-refractivity contribution in [2.24, 2.45) is 11.8 Å². The number of para-hydroxylation sites is 1. The number of benzene rings is 2. The molecule has 8 nitrogen and oxygen atoms in total. The van der Waals surface area contributed by atoms with Gasteiger partial charge in [0.05, 0.1) is 58.9 Å². The number of methoxy groups -OCH3 is 1. The molecule has 3 aliphatic rings. The molecule has 1 saturated carbocycles. The molecule has 2 aliphatic carbocycles. The predicted octanol–water partition coefficient (Wildman–Crippen LogP) is 5.65. The van der Waals surface area contributed by atoms with Crippen LogP contribution >= 0.6 is 0 Å². The average Bonchev–Trinajstić information content (AvgIpc) is 3.85. The molecule has 0 radical (unpaired) electrons. The molecule has 3 atom stereocenters. The van der Waals surface area contributed by atoms with Crippen molar-refractivity contribution in [1.29, 1.82) is 0 Å². The summed E-state index contributed by atoms with van der Waals surface area (Å²) in [5.74, 6) is 1.43. The second kappa shape index (κ2) is 16.3. The number of fused-ring (bicyclic) bond motifs is 4. The Balaban J connectivity index is 1.05. The van der Waals surface area contributed by atoms with Crippen LogP contribution in [0.5, 0.6) is 0 Å². The van der Waals surface area contributed by atoms with E-state index in [0.29, 0.717) is 71.2 Å². The number of piperidine rings is 1. The monoisotopic (exact) mass is 608 g/mol. The maximum Gasteiger partial charge on any atom is 0.180 e. The van der Waals surface area contributed by atoms with Gasteiger partial charge in [-0.2, -0.15) is 0 Å². The molecule has 242 valence electrons. The highest BCUT2D eigenvalue weighted by atomic mass is 16.6. The molecule has 2 bridgehead atoms. The Morgan fingerprint density at radius 2 is 1.55 bits per heavy atom. The first-order chi connectivity index (χ1) is 21.5. The zero-order valence-electron chi connectivity index (χ0n) is 27.0. The number of likely N-dealkylation sites (tertiary alicyclic amines) is 1. The van der Waals surface area contributed by atoms with Gasteiger partial charge in [-0.3, -0.25) is 9.69 Å². The molecule has 1 heterocycles. The van der Waals surface area contributed by atoms with Crippen LogP contribution in [0.3, 0.4) is 0 Å². The molecular formula is C36H52N2O6. The van der Waals surface area contributed by atoms with E-state index >= 15 is 0 Å². The average molecular weight is 609 g/mol. The Morgan fingerprint density at radius 1 is 0.886 bits per heavy atom. The van der Waals surface area contributed by atoms with Crippen molar-refractivity contribution in [1.82, 2.24) is 4.90 Å². The Bertz CT molecular complexity index is 1200. The Labute approximate surface area is 263 Å². The summed E-state index contributed by atoms with van der Waals surface area (Å²) in [6.07, 6.45) is 5.59. The summed E-state index contributed by atoms with van der Waals surface area (Å²) in [6, 6.07) is 14.9. The third-order valence-corrected chi connectivity index (χ3v) is 9.73. The van der Waals surface area contributed by atoms with Crippen molar-refractivity contribution in [3.8, 4) is 0 Å². The fraction of sp³-hybridized carbons (Fsp3) is 0.639. The number of carbonyl (C=O) groups excluding carboxylic acids is 1. The first kappa shape index (κ1) is 33.0. The van der Waals surface area contributed by atoms with Crippen LogP contribution in [0, 0.1) is 11.8 Å². The molecule has 5 rings (SSSR count). The summed E-state index contributed by atoms with van der Waals surface area (Å²) in [5.41, 5.74) is 5.57. The van der Waals surface area contributed by atoms with Crippen LogP contribution in [-0.4, -0.2) is 96.4 Å². The number of hydrogen-bond donors (Lipinski definition) is 1. The lowest BCUT2D eigenvalue weighted by atomic mass is 9.58. The summed E-state index contributed by atoms with van der Waals surface area (Å²) in [4.78, 5) is 16.2. The van der Waals surface area contributed by atoms with Gasteiger partial charge >= 0.3 is 0 Å². The van der Waals surface area contributed by atoms with E-state index < -0.39 is 0 Å². The second-order valence-electron chi connectivity index (χ2n) is 12.8. The smallest absolute Gasteiger partial charge is 0.180 e. The molecule has 0 aromatic heterocycles.